The number of aliphatic hydroxyl groups excluding tert-OH is 4. The number of benzene rings is 3. The van der Waals surface area contributed by atoms with Gasteiger partial charge < -0.3 is 70.2 Å². The van der Waals surface area contributed by atoms with Gasteiger partial charge in [0.05, 0.1) is 28.9 Å². The number of primary amides is 2. The number of hydrogen-bond donors (Lipinski definition) is 12. The number of carbonyl (C=O) groups is 8. The maximum Gasteiger partial charge on any atom is 0.426 e. The summed E-state index contributed by atoms with van der Waals surface area (Å²) in [6.45, 7) is 1.09. The zero-order chi connectivity index (χ0) is 55.9. The van der Waals surface area contributed by atoms with E-state index >= 15 is 0 Å². The molecule has 2 saturated carbocycles. The Labute approximate surface area is 483 Å². The Morgan fingerprint density at radius 2 is 1.07 bits per heavy atom. The minimum absolute atomic E-state index is 0. The number of anilines is 2. The molecule has 0 bridgehead atoms. The summed E-state index contributed by atoms with van der Waals surface area (Å²) >= 11 is 0. The van der Waals surface area contributed by atoms with E-state index in [1.807, 2.05) is 0 Å². The monoisotopic (exact) mass is 1240 g/mol. The van der Waals surface area contributed by atoms with Gasteiger partial charge in [-0.1, -0.05) is 30.3 Å². The Hall–Kier alpha value is -7.34. The second kappa shape index (κ2) is 23.8. The molecule has 0 radical (unpaired) electrons. The van der Waals surface area contributed by atoms with Gasteiger partial charge in [0.2, 0.25) is 17.5 Å². The number of rotatable bonds is 7. The van der Waals surface area contributed by atoms with Crippen molar-refractivity contribution in [1.29, 1.82) is 0 Å². The van der Waals surface area contributed by atoms with Crippen LogP contribution in [0.25, 0.3) is 11.5 Å². The SMILES string of the molecule is CC(=O)N(NC(=O)OCc1ccccc1)c1ccc(O)c2c1CC1CC3[C@H](N(C)C)C(=O)C(C(N)=O)=C(O)[C@@]3(O)C(=O)C1=C2O.CN(C)[C@@H]1C(=O)C(C(N)=O)=C(O)[C@@]2(O)C(=O)C3=C(O)c4c(O)ccc(N)c4CC3CC12.Cl.Cl.[CH3-].[Pd]. The maximum absolute atomic E-state index is 14.0. The van der Waals surface area contributed by atoms with Crippen molar-refractivity contribution in [2.45, 2.75) is 62.5 Å². The molecule has 8 atom stereocenters. The first kappa shape index (κ1) is 65.2. The van der Waals surface area contributed by atoms with Crippen LogP contribution in [-0.4, -0.2) is 149 Å². The minimum Gasteiger partial charge on any atom is -0.508 e. The van der Waals surface area contributed by atoms with E-state index in [9.17, 15) is 79.2 Å². The number of nitrogens with one attached hydrogen (secondary N) is 1. The van der Waals surface area contributed by atoms with E-state index in [4.69, 9.17) is 21.9 Å². The van der Waals surface area contributed by atoms with Gasteiger partial charge in [-0.3, -0.25) is 43.4 Å². The van der Waals surface area contributed by atoms with Crippen molar-refractivity contribution in [2.75, 3.05) is 38.9 Å². The van der Waals surface area contributed by atoms with Gasteiger partial charge in [-0.25, -0.2) is 15.2 Å². The van der Waals surface area contributed by atoms with Crippen LogP contribution in [0.5, 0.6) is 11.5 Å². The molecule has 3 aromatic rings. The molecule has 9 rings (SSSR count). The number of likely N-dealkylation sites (N-methyl/N-ethyl adjacent to an activating group) is 2. The number of nitrogen functional groups attached to an aromatic ring is 1. The molecule has 0 spiro atoms. The summed E-state index contributed by atoms with van der Waals surface area (Å²) in [5, 5.41) is 89.1. The molecule has 6 aliphatic carbocycles. The van der Waals surface area contributed by atoms with Gasteiger partial charge in [0.1, 0.15) is 52.3 Å². The minimum atomic E-state index is -2.78. The van der Waals surface area contributed by atoms with E-state index < -0.39 is 134 Å². The summed E-state index contributed by atoms with van der Waals surface area (Å²) in [7, 11) is 6.08. The number of Topliss-reactive ketones (excluding diaryl/α,β-unsaturated/α-hetero) is 4. The number of halogens is 2. The Balaban J connectivity index is 0.000000348. The van der Waals surface area contributed by atoms with Crippen molar-refractivity contribution >= 4 is 94.7 Å². The number of ketones is 4. The summed E-state index contributed by atoms with van der Waals surface area (Å²) in [5.41, 5.74) is 12.7. The Bertz CT molecular complexity index is 3260. The van der Waals surface area contributed by atoms with Gasteiger partial charge in [-0.2, -0.15) is 0 Å². The number of fused-ring (bicyclic) bond motifs is 6. The third kappa shape index (κ3) is 10.2. The van der Waals surface area contributed by atoms with Crippen LogP contribution in [0, 0.1) is 31.1 Å². The molecule has 4 unspecified atom stereocenters. The number of aliphatic hydroxyl groups is 6. The Morgan fingerprint density at radius 3 is 1.49 bits per heavy atom. The summed E-state index contributed by atoms with van der Waals surface area (Å²) in [4.78, 5) is 106. The van der Waals surface area contributed by atoms with E-state index in [2.05, 4.69) is 5.43 Å². The summed E-state index contributed by atoms with van der Waals surface area (Å²) in [5.74, 6) is -15.4. The quantitative estimate of drug-likeness (QED) is 0.0402. The predicted octanol–water partition coefficient (Wildman–Crippen LogP) is 2.00. The van der Waals surface area contributed by atoms with E-state index in [-0.39, 0.29) is 124 Å². The first-order chi connectivity index (χ1) is 35.6. The maximum atomic E-state index is 14.0. The number of ether oxygens (including phenoxy) is 1. The number of aromatic hydroxyl groups is 2. The van der Waals surface area contributed by atoms with Crippen LogP contribution in [-0.2, 0) is 78.2 Å². The van der Waals surface area contributed by atoms with Crippen molar-refractivity contribution in [3.8, 4) is 11.5 Å². The fraction of sp³-hybridized carbons (Fsp3) is 0.340. The molecule has 4 amide bonds. The summed E-state index contributed by atoms with van der Waals surface area (Å²) in [6, 6.07) is 11.7. The van der Waals surface area contributed by atoms with Gasteiger partial charge in [-0.05, 0) is 107 Å². The molecule has 0 aliphatic heterocycles. The van der Waals surface area contributed by atoms with Crippen LogP contribution in [0.4, 0.5) is 16.2 Å². The zero-order valence-electron chi connectivity index (χ0n) is 43.7. The van der Waals surface area contributed by atoms with Crippen LogP contribution in [0.1, 0.15) is 47.6 Å². The van der Waals surface area contributed by atoms with Crippen LogP contribution < -0.4 is 27.6 Å². The van der Waals surface area contributed by atoms with Gasteiger partial charge >= 0.3 is 6.09 Å². The number of carbonyl (C=O) groups excluding carboxylic acids is 8. The molecular weight excluding hydrogens is 1180 g/mol. The third-order valence-corrected chi connectivity index (χ3v) is 15.2. The van der Waals surface area contributed by atoms with Crippen molar-refractivity contribution in [1.82, 2.24) is 15.2 Å². The van der Waals surface area contributed by atoms with Crippen LogP contribution in [0.15, 0.2) is 88.4 Å². The fourth-order valence-electron chi connectivity index (χ4n) is 11.9. The molecular formula is C53H60Cl2N7O17Pd-. The molecule has 0 heterocycles. The standard InChI is InChI=1S/C31H32N4O10.C21H23N3O7.CH3.2ClH.Pd/c1-14(36)35(33-30(43)45-13-15-7-5-4-6-8-15)19-9-10-20(37)22-17(19)11-16-12-18-24(34(2)3)26(39)23(29(32)42)28(41)31(18,44)27(40)21(16)25(22)38;1-24(2)15-9-6-7-5-8-10(22)3-4-11(25)13(8)16(26)12(7)18(28)21(9,31)19(29)14(17(15)27)20(23)30;;;;/h4-10,16,18,24,37-38,41,44H,11-13H2,1-3H3,(H2,32,42)(H,33,43);3-4,7,9,15,25-26,29,31H,5-6,22H2,1-2H3,(H2,23,30);1H3;2*1H;/q;;-1;;;/t16?,18?,24-,31-;7?,9?,15-,21-;;;;/m00..../s1. The average Bonchev–Trinajstić information content (AvgIpc) is 3.34. The molecule has 0 saturated heterocycles. The molecule has 27 heteroatoms. The predicted molar refractivity (Wildman–Crippen MR) is 287 cm³/mol. The molecule has 434 valence electrons. The molecule has 15 N–H and O–H groups in total. The van der Waals surface area contributed by atoms with Crippen molar-refractivity contribution in [2.24, 2.45) is 35.1 Å². The second-order valence-electron chi connectivity index (χ2n) is 19.9. The van der Waals surface area contributed by atoms with E-state index in [1.165, 1.54) is 49.0 Å². The molecule has 3 aromatic carbocycles. The van der Waals surface area contributed by atoms with Gasteiger partial charge in [0.15, 0.2) is 22.8 Å². The van der Waals surface area contributed by atoms with Crippen molar-refractivity contribution in [3.05, 3.63) is 124 Å². The molecule has 6 aliphatic rings. The number of nitrogens with two attached hydrogens (primary N) is 3. The second-order valence-corrected chi connectivity index (χ2v) is 19.9. The van der Waals surface area contributed by atoms with Gasteiger partial charge in [-0.15, -0.1) is 24.8 Å². The Kier molecular flexibility index (Phi) is 19.4. The van der Waals surface area contributed by atoms with Crippen LogP contribution in [0.3, 0.4) is 0 Å². The fourth-order valence-corrected chi connectivity index (χ4v) is 11.9. The zero-order valence-corrected chi connectivity index (χ0v) is 46.8. The van der Waals surface area contributed by atoms with Crippen LogP contribution >= 0.6 is 24.8 Å². The largest absolute Gasteiger partial charge is 0.508 e. The van der Waals surface area contributed by atoms with Gasteiger partial charge in [0.25, 0.3) is 11.8 Å². The van der Waals surface area contributed by atoms with E-state index in [0.717, 1.165) is 11.1 Å². The summed E-state index contributed by atoms with van der Waals surface area (Å²) in [6.07, 6.45) is -1.00. The molecule has 80 heavy (non-hydrogen) atoms. The molecule has 2 fully saturated rings. The van der Waals surface area contributed by atoms with Crippen LogP contribution in [0.2, 0.25) is 0 Å². The summed E-state index contributed by atoms with van der Waals surface area (Å²) < 4.78 is 5.25. The number of amides is 4. The third-order valence-electron chi connectivity index (χ3n) is 15.2. The smallest absolute Gasteiger partial charge is 0.426 e. The van der Waals surface area contributed by atoms with Gasteiger partial charge in [0, 0.05) is 56.0 Å². The number of phenols is 2. The normalized spacial score (nSPS) is 25.3. The number of phenolic OH excluding ortho intramolecular Hbond substituents is 2. The number of hydrazine groups is 1. The molecule has 0 aromatic heterocycles. The topological polar surface area (TPSA) is 407 Å². The number of hydrogen-bond acceptors (Lipinski definition) is 20. The Morgan fingerprint density at radius 1 is 0.662 bits per heavy atom. The number of nitrogens with zero attached hydrogens (tertiary/aromatic N) is 3. The first-order valence-electron chi connectivity index (χ1n) is 23.6. The van der Waals surface area contributed by atoms with E-state index in [0.29, 0.717) is 16.8 Å². The average molecular weight is 1240 g/mol. The van der Waals surface area contributed by atoms with Crippen molar-refractivity contribution < 1.29 is 104 Å². The molecule has 24 nitrogen and oxygen atoms in total. The first-order valence-corrected chi connectivity index (χ1v) is 23.6. The van der Waals surface area contributed by atoms with E-state index in [1.54, 1.807) is 44.4 Å². The van der Waals surface area contributed by atoms with Crippen molar-refractivity contribution in [3.63, 3.8) is 0 Å².